The van der Waals surface area contributed by atoms with E-state index in [4.69, 9.17) is 16.7 Å². The Morgan fingerprint density at radius 1 is 1.59 bits per heavy atom. The highest BCUT2D eigenvalue weighted by atomic mass is 35.5. The zero-order chi connectivity index (χ0) is 12.8. The number of amidine groups is 1. The fourth-order valence-electron chi connectivity index (χ4n) is 1.37. The molecule has 0 saturated carbocycles. The molecule has 1 atom stereocenters. The first-order valence-electron chi connectivity index (χ1n) is 5.40. The van der Waals surface area contributed by atoms with Crippen LogP contribution in [0.25, 0.3) is 5.70 Å². The van der Waals surface area contributed by atoms with Gasteiger partial charge in [-0.3, -0.25) is 4.99 Å². The number of hydrogen-bond donors (Lipinski definition) is 2. The highest BCUT2D eigenvalue weighted by molar-refractivity contribution is 6.30. The smallest absolute Gasteiger partial charge is 0.0979 e. The fourth-order valence-corrected chi connectivity index (χ4v) is 1.56. The van der Waals surface area contributed by atoms with Crippen molar-refractivity contribution in [1.29, 1.82) is 0 Å². The average Bonchev–Trinajstić information content (AvgIpc) is 2.28. The van der Waals surface area contributed by atoms with Gasteiger partial charge in [0.05, 0.1) is 18.5 Å². The van der Waals surface area contributed by atoms with Gasteiger partial charge >= 0.3 is 0 Å². The summed E-state index contributed by atoms with van der Waals surface area (Å²) >= 11 is 5.90. The first-order chi connectivity index (χ1) is 8.02. The number of hydrogen-bond acceptors (Lipinski definition) is 2. The van der Waals surface area contributed by atoms with Gasteiger partial charge in [0.1, 0.15) is 0 Å². The van der Waals surface area contributed by atoms with E-state index >= 15 is 0 Å². The van der Waals surface area contributed by atoms with E-state index in [-0.39, 0.29) is 12.6 Å². The lowest BCUT2D eigenvalue weighted by Crippen LogP contribution is -2.21. The molecule has 0 aliphatic carbocycles. The summed E-state index contributed by atoms with van der Waals surface area (Å²) in [5.74, 6) is 0.719. The van der Waals surface area contributed by atoms with Crippen LogP contribution in [0.1, 0.15) is 19.4 Å². The summed E-state index contributed by atoms with van der Waals surface area (Å²) in [5.41, 5.74) is 1.66. The van der Waals surface area contributed by atoms with E-state index in [0.29, 0.717) is 5.02 Å². The Labute approximate surface area is 107 Å². The number of nitrogens with one attached hydrogen (secondary N) is 1. The van der Waals surface area contributed by atoms with Gasteiger partial charge in [-0.15, -0.1) is 0 Å². The normalized spacial score (nSPS) is 13.3. The van der Waals surface area contributed by atoms with E-state index in [1.54, 1.807) is 0 Å². The molecular weight excluding hydrogens is 236 g/mol. The molecule has 0 aliphatic rings. The number of aliphatic hydroxyl groups is 1. The second-order valence-corrected chi connectivity index (χ2v) is 4.30. The topological polar surface area (TPSA) is 44.6 Å². The van der Waals surface area contributed by atoms with Crippen molar-refractivity contribution in [2.45, 2.75) is 19.9 Å². The maximum absolute atomic E-state index is 8.90. The van der Waals surface area contributed by atoms with Crippen LogP contribution in [0.3, 0.4) is 0 Å². The molecule has 1 aromatic rings. The summed E-state index contributed by atoms with van der Waals surface area (Å²) in [7, 11) is 0. The zero-order valence-electron chi connectivity index (χ0n) is 10.1. The van der Waals surface area contributed by atoms with Gasteiger partial charge in [0.2, 0.25) is 0 Å². The van der Waals surface area contributed by atoms with Gasteiger partial charge in [-0.05, 0) is 31.5 Å². The minimum atomic E-state index is -0.116. The molecule has 2 N–H and O–H groups in total. The number of aliphatic hydroxyl groups excluding tert-OH is 1. The molecule has 0 heterocycles. The van der Waals surface area contributed by atoms with Crippen molar-refractivity contribution in [3.05, 3.63) is 41.4 Å². The summed E-state index contributed by atoms with van der Waals surface area (Å²) in [6.07, 6.45) is 0. The molecule has 0 bridgehead atoms. The van der Waals surface area contributed by atoms with Gasteiger partial charge in [0.25, 0.3) is 0 Å². The van der Waals surface area contributed by atoms with Gasteiger partial charge < -0.3 is 10.4 Å². The fraction of sp³-hybridized carbons (Fsp3) is 0.308. The molecule has 0 amide bonds. The number of aliphatic imine (C=N–C) groups is 1. The van der Waals surface area contributed by atoms with Crippen LogP contribution in [0.2, 0.25) is 5.02 Å². The van der Waals surface area contributed by atoms with Crippen molar-refractivity contribution in [2.75, 3.05) is 6.61 Å². The first kappa shape index (κ1) is 13.7. The molecule has 0 radical (unpaired) electrons. The standard InChI is InChI=1S/C13H17ClN2O/c1-9(8-17)15-11(3)16-10(2)12-5-4-6-13(14)7-12/h4-7,9,17H,2,8H2,1,3H3,(H,15,16). The Bertz CT molecular complexity index is 429. The van der Waals surface area contributed by atoms with Crippen molar-refractivity contribution >= 4 is 23.1 Å². The molecule has 0 fully saturated rings. The second-order valence-electron chi connectivity index (χ2n) is 3.86. The van der Waals surface area contributed by atoms with Crippen molar-refractivity contribution in [2.24, 2.45) is 4.99 Å². The Morgan fingerprint density at radius 3 is 2.88 bits per heavy atom. The minimum Gasteiger partial charge on any atom is -0.394 e. The first-order valence-corrected chi connectivity index (χ1v) is 5.78. The second kappa shape index (κ2) is 6.42. The maximum atomic E-state index is 8.90. The predicted molar refractivity (Wildman–Crippen MR) is 73.3 cm³/mol. The number of halogens is 1. The van der Waals surface area contributed by atoms with E-state index in [9.17, 15) is 0 Å². The summed E-state index contributed by atoms with van der Waals surface area (Å²) in [6, 6.07) is 7.32. The number of benzene rings is 1. The zero-order valence-corrected chi connectivity index (χ0v) is 10.8. The van der Waals surface area contributed by atoms with E-state index < -0.39 is 0 Å². The van der Waals surface area contributed by atoms with E-state index in [2.05, 4.69) is 16.9 Å². The molecular formula is C13H17ClN2O. The molecule has 0 saturated heterocycles. The van der Waals surface area contributed by atoms with Crippen LogP contribution >= 0.6 is 11.6 Å². The molecule has 0 aliphatic heterocycles. The van der Waals surface area contributed by atoms with Gasteiger partial charge in [0, 0.05) is 10.7 Å². The molecule has 1 unspecified atom stereocenters. The lowest BCUT2D eigenvalue weighted by Gasteiger charge is -2.11. The maximum Gasteiger partial charge on any atom is 0.0979 e. The molecule has 0 aromatic heterocycles. The number of nitrogens with zero attached hydrogens (tertiary/aromatic N) is 1. The largest absolute Gasteiger partial charge is 0.394 e. The lowest BCUT2D eigenvalue weighted by atomic mass is 10.2. The van der Waals surface area contributed by atoms with Crippen LogP contribution < -0.4 is 5.32 Å². The van der Waals surface area contributed by atoms with Crippen LogP contribution in [-0.2, 0) is 0 Å². The third-order valence-electron chi connectivity index (χ3n) is 2.18. The van der Waals surface area contributed by atoms with E-state index in [1.807, 2.05) is 38.1 Å². The molecule has 4 heteroatoms. The molecule has 17 heavy (non-hydrogen) atoms. The Hall–Kier alpha value is -1.32. The molecule has 3 nitrogen and oxygen atoms in total. The van der Waals surface area contributed by atoms with Crippen molar-refractivity contribution < 1.29 is 5.11 Å². The van der Waals surface area contributed by atoms with Gasteiger partial charge in [-0.2, -0.15) is 0 Å². The summed E-state index contributed by atoms with van der Waals surface area (Å²) in [5, 5.41) is 12.6. The summed E-state index contributed by atoms with van der Waals surface area (Å²) in [4.78, 5) is 4.25. The van der Waals surface area contributed by atoms with E-state index in [0.717, 1.165) is 17.1 Å². The summed E-state index contributed by atoms with van der Waals surface area (Å²) < 4.78 is 0. The van der Waals surface area contributed by atoms with Crippen molar-refractivity contribution in [3.8, 4) is 0 Å². The quantitative estimate of drug-likeness (QED) is 0.639. The van der Waals surface area contributed by atoms with Gasteiger partial charge in [-0.25, -0.2) is 0 Å². The van der Waals surface area contributed by atoms with Crippen molar-refractivity contribution in [1.82, 2.24) is 5.32 Å². The number of rotatable bonds is 4. The Morgan fingerprint density at radius 2 is 2.29 bits per heavy atom. The Balaban J connectivity index is 2.70. The average molecular weight is 253 g/mol. The van der Waals surface area contributed by atoms with Crippen LogP contribution in [0, 0.1) is 0 Å². The molecule has 1 aromatic carbocycles. The predicted octanol–water partition coefficient (Wildman–Crippen LogP) is 2.70. The van der Waals surface area contributed by atoms with Crippen LogP contribution in [-0.4, -0.2) is 23.6 Å². The highest BCUT2D eigenvalue weighted by Gasteiger charge is 2.02. The summed E-state index contributed by atoms with van der Waals surface area (Å²) in [6.45, 7) is 7.63. The van der Waals surface area contributed by atoms with Crippen LogP contribution in [0.4, 0.5) is 0 Å². The van der Waals surface area contributed by atoms with Gasteiger partial charge in [-0.1, -0.05) is 30.3 Å². The molecule has 0 spiro atoms. The molecule has 92 valence electrons. The van der Waals surface area contributed by atoms with Crippen LogP contribution in [0.5, 0.6) is 0 Å². The third-order valence-corrected chi connectivity index (χ3v) is 2.42. The van der Waals surface area contributed by atoms with Crippen LogP contribution in [0.15, 0.2) is 35.8 Å². The van der Waals surface area contributed by atoms with Crippen molar-refractivity contribution in [3.63, 3.8) is 0 Å². The van der Waals surface area contributed by atoms with Gasteiger partial charge in [0.15, 0.2) is 0 Å². The lowest BCUT2D eigenvalue weighted by molar-refractivity contribution is 0.274. The molecule has 1 rings (SSSR count). The third kappa shape index (κ3) is 4.59. The SMILES string of the molecule is C=C(NC(C)=NC(C)CO)c1cccc(Cl)c1. The Kier molecular flexibility index (Phi) is 5.19. The monoisotopic (exact) mass is 252 g/mol. The minimum absolute atomic E-state index is 0.0304. The van der Waals surface area contributed by atoms with E-state index in [1.165, 1.54) is 0 Å². The highest BCUT2D eigenvalue weighted by Crippen LogP contribution is 2.15.